The van der Waals surface area contributed by atoms with Crippen molar-refractivity contribution in [1.82, 2.24) is 67.4 Å². The minimum atomic E-state index is -1.96. The molecule has 3 aromatic heterocycles. The van der Waals surface area contributed by atoms with Crippen LogP contribution in [0.3, 0.4) is 0 Å². The molecule has 442 valence electrons. The molecule has 83 heavy (non-hydrogen) atoms. The lowest BCUT2D eigenvalue weighted by molar-refractivity contribution is -0.147. The van der Waals surface area contributed by atoms with E-state index < -0.39 is 145 Å². The molecule has 10 amide bonds. The molecule has 2 saturated heterocycles. The van der Waals surface area contributed by atoms with E-state index in [0.717, 1.165) is 17.3 Å². The number of aliphatic carboxylic acids is 2. The number of fused-ring (bicyclic) bond motifs is 2. The first-order valence-corrected chi connectivity index (χ1v) is 26.9. The van der Waals surface area contributed by atoms with E-state index in [-0.39, 0.29) is 44.6 Å². The number of carbonyl (C=O) groups is 12. The average molecular weight is 1150 g/mol. The molecular weight excluding hydrogens is 1080 g/mol. The van der Waals surface area contributed by atoms with Gasteiger partial charge in [0.15, 0.2) is 0 Å². The number of nitrogens with two attached hydrogens (primary N) is 2. The monoisotopic (exact) mass is 1150 g/mol. The van der Waals surface area contributed by atoms with Gasteiger partial charge in [-0.15, -0.1) is 0 Å². The summed E-state index contributed by atoms with van der Waals surface area (Å²) >= 11 is 0. The van der Waals surface area contributed by atoms with Crippen LogP contribution in [0.2, 0.25) is 0 Å². The van der Waals surface area contributed by atoms with Crippen molar-refractivity contribution in [3.05, 3.63) is 90.3 Å². The molecule has 0 aliphatic carbocycles. The van der Waals surface area contributed by atoms with Gasteiger partial charge in [-0.2, -0.15) is 0 Å². The second-order valence-electron chi connectivity index (χ2n) is 20.5. The minimum Gasteiger partial charge on any atom is -0.481 e. The van der Waals surface area contributed by atoms with E-state index in [9.17, 15) is 63.0 Å². The van der Waals surface area contributed by atoms with E-state index in [2.05, 4.69) is 57.2 Å². The van der Waals surface area contributed by atoms with Gasteiger partial charge < -0.3 is 84.1 Å². The Labute approximate surface area is 473 Å². The number of carboxylic acids is 2. The van der Waals surface area contributed by atoms with E-state index in [0.29, 0.717) is 40.7 Å². The molecule has 0 spiro atoms. The third-order valence-corrected chi connectivity index (χ3v) is 14.4. The number of H-pyrrole nitrogens is 3. The van der Waals surface area contributed by atoms with Gasteiger partial charge in [0.05, 0.1) is 25.2 Å². The maximum absolute atomic E-state index is 15.1. The van der Waals surface area contributed by atoms with Gasteiger partial charge in [-0.1, -0.05) is 36.4 Å². The summed E-state index contributed by atoms with van der Waals surface area (Å²) < 4.78 is 0. The number of carbonyl (C=O) groups excluding carboxylic acids is 10. The number of nitrogens with zero attached hydrogens (tertiary/aromatic N) is 2. The number of nitrogens with one attached hydrogen (secondary N) is 11. The van der Waals surface area contributed by atoms with Gasteiger partial charge >= 0.3 is 11.9 Å². The zero-order chi connectivity index (χ0) is 59.9. The van der Waals surface area contributed by atoms with Crippen LogP contribution >= 0.6 is 0 Å². The molecule has 9 atom stereocenters. The number of hydrogen-bond acceptors (Lipinski definition) is 14. The minimum absolute atomic E-state index is 0.00782. The molecule has 17 N–H and O–H groups in total. The molecule has 5 heterocycles. The van der Waals surface area contributed by atoms with Gasteiger partial charge in [-0.25, -0.2) is 9.78 Å². The summed E-state index contributed by atoms with van der Waals surface area (Å²) in [7, 11) is 0. The lowest BCUT2D eigenvalue weighted by Crippen LogP contribution is -2.61. The Bertz CT molecular complexity index is 3230. The number of likely N-dealkylation sites (tertiary alicyclic amines) is 1. The summed E-state index contributed by atoms with van der Waals surface area (Å²) in [5.41, 5.74) is 13.8. The molecule has 2 fully saturated rings. The Morgan fingerprint density at radius 2 is 1.18 bits per heavy atom. The summed E-state index contributed by atoms with van der Waals surface area (Å²) in [6, 6.07) is 1.42. The molecule has 0 unspecified atom stereocenters. The maximum Gasteiger partial charge on any atom is 0.326 e. The van der Waals surface area contributed by atoms with Crippen molar-refractivity contribution in [1.29, 1.82) is 0 Å². The smallest absolute Gasteiger partial charge is 0.326 e. The highest BCUT2D eigenvalue weighted by molar-refractivity contribution is 6.00. The van der Waals surface area contributed by atoms with Crippen LogP contribution in [0.4, 0.5) is 0 Å². The first kappa shape index (κ1) is 61.0. The first-order chi connectivity index (χ1) is 39.6. The Hall–Kier alpha value is -9.67. The van der Waals surface area contributed by atoms with Crippen LogP contribution < -0.4 is 54.0 Å². The number of primary amides is 2. The Morgan fingerprint density at radius 1 is 0.614 bits per heavy atom. The van der Waals surface area contributed by atoms with Crippen LogP contribution in [0.5, 0.6) is 0 Å². The maximum atomic E-state index is 15.1. The van der Waals surface area contributed by atoms with E-state index in [4.69, 9.17) is 11.5 Å². The SMILES string of the molecule is C[C@@H](NC(=O)[C@H]1CCCN1)C(=O)N[C@H](Cc1cnc[nH]1)C(=O)N[C@H](Cc1c[nH]c2ccccc12)C(=O)N1CCC[C@@H]1C(=O)N[C@H](CC(N)=O)C(=O)N[C@H](Cc1c[nH]c2ccccc12)C(=O)N[C@H](CCC(N)=O)C(=O)N[C@H](CC(=O)O)C(=O)O. The van der Waals surface area contributed by atoms with Gasteiger partial charge in [-0.3, -0.25) is 52.7 Å². The fourth-order valence-corrected chi connectivity index (χ4v) is 10.1. The third kappa shape index (κ3) is 16.5. The van der Waals surface area contributed by atoms with Crippen molar-refractivity contribution in [3.63, 3.8) is 0 Å². The number of aromatic amines is 3. The highest BCUT2D eigenvalue weighted by Crippen LogP contribution is 2.24. The fourth-order valence-electron chi connectivity index (χ4n) is 10.1. The van der Waals surface area contributed by atoms with Gasteiger partial charge in [0.25, 0.3) is 0 Å². The quantitative estimate of drug-likeness (QED) is 0.0231. The van der Waals surface area contributed by atoms with Crippen molar-refractivity contribution >= 4 is 92.8 Å². The molecule has 5 aromatic rings. The summed E-state index contributed by atoms with van der Waals surface area (Å²) in [6.45, 7) is 2.11. The predicted octanol–water partition coefficient (Wildman–Crippen LogP) is -2.74. The average Bonchev–Trinajstić information content (AvgIpc) is 4.42. The highest BCUT2D eigenvalue weighted by atomic mass is 16.4. The van der Waals surface area contributed by atoms with Crippen LogP contribution in [-0.2, 0) is 76.8 Å². The third-order valence-electron chi connectivity index (χ3n) is 14.4. The highest BCUT2D eigenvalue weighted by Gasteiger charge is 2.41. The molecule has 7 rings (SSSR count). The normalized spacial score (nSPS) is 17.4. The molecule has 0 radical (unpaired) electrons. The van der Waals surface area contributed by atoms with Crippen molar-refractivity contribution < 1.29 is 67.7 Å². The van der Waals surface area contributed by atoms with Crippen LogP contribution in [0.15, 0.2) is 73.4 Å². The topological polar surface area (TPSA) is 457 Å². The van der Waals surface area contributed by atoms with Gasteiger partial charge in [0.2, 0.25) is 59.1 Å². The number of imidazole rings is 1. The van der Waals surface area contributed by atoms with Gasteiger partial charge in [0.1, 0.15) is 48.3 Å². The number of rotatable bonds is 29. The van der Waals surface area contributed by atoms with Gasteiger partial charge in [-0.05, 0) is 68.8 Å². The van der Waals surface area contributed by atoms with Crippen LogP contribution in [-0.4, -0.2) is 174 Å². The largest absolute Gasteiger partial charge is 0.481 e. The molecule has 0 bridgehead atoms. The van der Waals surface area contributed by atoms with Crippen LogP contribution in [0.1, 0.15) is 75.1 Å². The predicted molar refractivity (Wildman–Crippen MR) is 293 cm³/mol. The number of hydrogen-bond donors (Lipinski definition) is 15. The molecule has 29 heteroatoms. The standard InChI is InChI=1S/C54H67N15O14/c1-27(62-47(75)35-12-6-16-58-35)46(74)64-38(20-30-25-57-26-61-30)50(78)67-40(19-29-24-60-34-11-5-3-9-32(29)34)53(81)69-17-7-13-42(69)52(80)66-39(21-44(56)71)51(79)65-37(18-28-23-59-33-10-4-2-8-31(28)33)49(77)63-36(14-15-43(55)70)48(76)68-41(54(82)83)22-45(72)73/h2-5,8-11,23-27,35-42,58-60H,6-7,12-22H2,1H3,(H2,55,70)(H2,56,71)(H,57,61)(H,62,75)(H,63,77)(H,64,74)(H,65,79)(H,66,80)(H,67,78)(H,68,76)(H,72,73)(H,82,83)/t27-,35-,36-,37-,38-,39-,40-,41-,42-/m1/s1. The van der Waals surface area contributed by atoms with E-state index in [1.807, 2.05) is 17.4 Å². The van der Waals surface area contributed by atoms with E-state index in [1.54, 1.807) is 48.8 Å². The molecule has 29 nitrogen and oxygen atoms in total. The molecule has 2 aliphatic rings. The van der Waals surface area contributed by atoms with Crippen molar-refractivity contribution in [3.8, 4) is 0 Å². The number of carboxylic acid groups (broad SMARTS) is 2. The first-order valence-electron chi connectivity index (χ1n) is 26.9. The Balaban J connectivity index is 1.12. The molecule has 2 aromatic carbocycles. The lowest BCUT2D eigenvalue weighted by Gasteiger charge is -2.31. The Morgan fingerprint density at radius 3 is 1.76 bits per heavy atom. The summed E-state index contributed by atoms with van der Waals surface area (Å²) in [6.07, 6.45) is 4.31. The second kappa shape index (κ2) is 28.2. The fraction of sp³-hybridized carbons (Fsp3) is 0.426. The second-order valence-corrected chi connectivity index (χ2v) is 20.5. The number of para-hydroxylation sites is 2. The summed E-state index contributed by atoms with van der Waals surface area (Å²) in [5, 5.41) is 41.0. The van der Waals surface area contributed by atoms with Crippen molar-refractivity contribution in [2.24, 2.45) is 11.5 Å². The zero-order valence-corrected chi connectivity index (χ0v) is 45.2. The van der Waals surface area contributed by atoms with Gasteiger partial charge in [0, 0.05) is 78.3 Å². The van der Waals surface area contributed by atoms with Crippen LogP contribution in [0, 0.1) is 0 Å². The molecular formula is C54H67N15O14. The van der Waals surface area contributed by atoms with Crippen molar-refractivity contribution in [2.45, 2.75) is 132 Å². The number of benzene rings is 2. The van der Waals surface area contributed by atoms with Crippen molar-refractivity contribution in [2.75, 3.05) is 13.1 Å². The summed E-state index contributed by atoms with van der Waals surface area (Å²) in [4.78, 5) is 175. The van der Waals surface area contributed by atoms with E-state index >= 15 is 4.79 Å². The van der Waals surface area contributed by atoms with E-state index in [1.165, 1.54) is 24.3 Å². The number of amides is 10. The number of aromatic nitrogens is 4. The molecule has 2 aliphatic heterocycles. The summed E-state index contributed by atoms with van der Waals surface area (Å²) in [5.74, 6) is -12.2. The van der Waals surface area contributed by atoms with Crippen LogP contribution in [0.25, 0.3) is 21.8 Å². The lowest BCUT2D eigenvalue weighted by atomic mass is 10.0. The molecule has 0 saturated carbocycles. The Kier molecular flexibility index (Phi) is 20.7. The zero-order valence-electron chi connectivity index (χ0n) is 45.2.